The number of carbonyl (C=O) groups is 3. The van der Waals surface area contributed by atoms with Crippen molar-refractivity contribution < 1.29 is 24.2 Å². The van der Waals surface area contributed by atoms with Crippen LogP contribution in [0.5, 0.6) is 0 Å². The van der Waals surface area contributed by atoms with Crippen LogP contribution in [0.3, 0.4) is 0 Å². The molecule has 1 saturated heterocycles. The Morgan fingerprint density at radius 2 is 2.08 bits per heavy atom. The molecule has 1 aromatic rings. The molecule has 212 valence electrons. The van der Waals surface area contributed by atoms with Gasteiger partial charge < -0.3 is 30.8 Å². The van der Waals surface area contributed by atoms with E-state index in [-0.39, 0.29) is 29.3 Å². The summed E-state index contributed by atoms with van der Waals surface area (Å²) in [4.78, 5) is 47.8. The van der Waals surface area contributed by atoms with Crippen LogP contribution in [0.25, 0.3) is 0 Å². The maximum atomic E-state index is 13.3. The number of rotatable bonds is 2. The van der Waals surface area contributed by atoms with Gasteiger partial charge in [-0.3, -0.25) is 9.59 Å². The second kappa shape index (κ2) is 14.0. The maximum absolute atomic E-state index is 13.3. The number of imidazole rings is 1. The van der Waals surface area contributed by atoms with Crippen molar-refractivity contribution in [1.29, 1.82) is 0 Å². The molecule has 0 radical (unpaired) electrons. The molecule has 0 saturated carbocycles. The van der Waals surface area contributed by atoms with Crippen molar-refractivity contribution in [3.8, 4) is 0 Å². The highest BCUT2D eigenvalue weighted by Gasteiger charge is 2.38. The van der Waals surface area contributed by atoms with Crippen molar-refractivity contribution in [2.24, 2.45) is 17.6 Å². The molecule has 2 aliphatic rings. The molecule has 0 unspecified atom stereocenters. The van der Waals surface area contributed by atoms with Crippen molar-refractivity contribution in [3.05, 3.63) is 65.8 Å². The molecule has 2 amide bonds. The number of fused-ring (bicyclic) bond motifs is 3. The number of carbonyl (C=O) groups excluding carboxylic acids is 3. The average molecular weight is 540 g/mol. The molecule has 2 bridgehead atoms. The zero-order valence-electron chi connectivity index (χ0n) is 23.1. The van der Waals surface area contributed by atoms with Crippen molar-refractivity contribution in [3.63, 3.8) is 0 Å². The van der Waals surface area contributed by atoms with E-state index in [0.29, 0.717) is 51.1 Å². The van der Waals surface area contributed by atoms with Crippen LogP contribution in [-0.2, 0) is 20.7 Å². The van der Waals surface area contributed by atoms with E-state index in [0.717, 1.165) is 11.1 Å². The molecule has 10 heteroatoms. The van der Waals surface area contributed by atoms with Crippen LogP contribution in [-0.4, -0.2) is 75.6 Å². The van der Waals surface area contributed by atoms with E-state index in [1.165, 1.54) is 17.2 Å². The van der Waals surface area contributed by atoms with E-state index in [1.807, 2.05) is 26.8 Å². The summed E-state index contributed by atoms with van der Waals surface area (Å²) < 4.78 is 5.94. The summed E-state index contributed by atoms with van der Waals surface area (Å²) in [5.41, 5.74) is 7.79. The molecule has 1 aromatic heterocycles. The van der Waals surface area contributed by atoms with Crippen LogP contribution < -0.4 is 11.1 Å². The molecule has 2 aliphatic heterocycles. The Labute approximate surface area is 230 Å². The number of nitrogens with one attached hydrogen (secondary N) is 2. The van der Waals surface area contributed by atoms with Gasteiger partial charge >= 0.3 is 5.97 Å². The fourth-order valence-electron chi connectivity index (χ4n) is 4.89. The van der Waals surface area contributed by atoms with Crippen molar-refractivity contribution in [1.82, 2.24) is 20.2 Å². The van der Waals surface area contributed by atoms with E-state index in [4.69, 9.17) is 10.5 Å². The van der Waals surface area contributed by atoms with Gasteiger partial charge in [-0.25, -0.2) is 9.78 Å². The molecule has 1 fully saturated rings. The third kappa shape index (κ3) is 8.49. The number of nitrogens with zero attached hydrogens (tertiary/aromatic N) is 2. The van der Waals surface area contributed by atoms with Gasteiger partial charge in [0.1, 0.15) is 23.7 Å². The number of amides is 2. The summed E-state index contributed by atoms with van der Waals surface area (Å²) >= 11 is 0. The minimum absolute atomic E-state index is 0.159. The summed E-state index contributed by atoms with van der Waals surface area (Å²) in [7, 11) is 0. The smallest absolute Gasteiger partial charge is 0.329 e. The number of nitrogens with two attached hydrogens (primary N) is 1. The average Bonchev–Trinajstić information content (AvgIpc) is 3.57. The zero-order chi connectivity index (χ0) is 28.5. The first kappa shape index (κ1) is 30.0. The number of allylic oxidation sites excluding steroid dienone is 2. The Bertz CT molecular complexity index is 1140. The number of esters is 1. The largest absolute Gasteiger partial charge is 0.460 e. The number of ether oxygens (including phenoxy) is 1. The van der Waals surface area contributed by atoms with Crippen molar-refractivity contribution >= 4 is 17.8 Å². The molecule has 39 heavy (non-hydrogen) atoms. The Morgan fingerprint density at radius 3 is 2.82 bits per heavy atom. The van der Waals surface area contributed by atoms with Gasteiger partial charge in [-0.2, -0.15) is 0 Å². The van der Waals surface area contributed by atoms with E-state index < -0.39 is 24.2 Å². The lowest BCUT2D eigenvalue weighted by molar-refractivity contribution is -0.158. The molecular weight excluding hydrogens is 498 g/mol. The van der Waals surface area contributed by atoms with Gasteiger partial charge in [-0.05, 0) is 38.8 Å². The summed E-state index contributed by atoms with van der Waals surface area (Å²) in [6.07, 6.45) is 10.5. The Kier molecular flexibility index (Phi) is 10.8. The first-order valence-corrected chi connectivity index (χ1v) is 13.5. The van der Waals surface area contributed by atoms with Crippen LogP contribution in [0, 0.1) is 11.8 Å². The SMILES string of the molecule is C=C1Cc2ncc([nH]2)C(=O)N2CCC[C@@H]2C(=O)O[C@H]([C@H](C)CN)[C@H](C)/C=C/C(=O)NC/C=C/C(C)=C/[C@@H](O)C1. The quantitative estimate of drug-likeness (QED) is 0.332. The van der Waals surface area contributed by atoms with Crippen LogP contribution in [0.2, 0.25) is 0 Å². The Hall–Kier alpha value is -3.50. The number of hydrogen-bond acceptors (Lipinski definition) is 7. The molecule has 0 spiro atoms. The second-order valence-electron chi connectivity index (χ2n) is 10.5. The Balaban J connectivity index is 1.87. The highest BCUT2D eigenvalue weighted by Crippen LogP contribution is 2.25. The molecule has 10 nitrogen and oxygen atoms in total. The van der Waals surface area contributed by atoms with Crippen LogP contribution in [0.15, 0.2) is 54.3 Å². The predicted molar refractivity (Wildman–Crippen MR) is 148 cm³/mol. The first-order chi connectivity index (χ1) is 18.6. The summed E-state index contributed by atoms with van der Waals surface area (Å²) in [5.74, 6) is -0.968. The first-order valence-electron chi connectivity index (χ1n) is 13.5. The molecule has 0 aliphatic carbocycles. The third-order valence-corrected chi connectivity index (χ3v) is 7.04. The lowest BCUT2D eigenvalue weighted by Gasteiger charge is -2.30. The van der Waals surface area contributed by atoms with Crippen LogP contribution >= 0.6 is 0 Å². The van der Waals surface area contributed by atoms with Crippen molar-refractivity contribution in [2.75, 3.05) is 19.6 Å². The lowest BCUT2D eigenvalue weighted by atomic mass is 9.92. The maximum Gasteiger partial charge on any atom is 0.329 e. The second-order valence-corrected chi connectivity index (χ2v) is 10.5. The molecule has 5 N–H and O–H groups in total. The zero-order valence-corrected chi connectivity index (χ0v) is 23.1. The molecule has 3 rings (SSSR count). The van der Waals surface area contributed by atoms with Crippen LogP contribution in [0.4, 0.5) is 0 Å². The highest BCUT2D eigenvalue weighted by atomic mass is 16.5. The van der Waals surface area contributed by atoms with E-state index in [1.54, 1.807) is 18.2 Å². The minimum atomic E-state index is -0.737. The fourth-order valence-corrected chi connectivity index (χ4v) is 4.89. The van der Waals surface area contributed by atoms with Gasteiger partial charge in [0, 0.05) is 31.3 Å². The summed E-state index contributed by atoms with van der Waals surface area (Å²) in [5, 5.41) is 13.2. The number of aromatic nitrogens is 2. The molecule has 3 heterocycles. The van der Waals surface area contributed by atoms with E-state index >= 15 is 0 Å². The number of H-pyrrole nitrogens is 1. The minimum Gasteiger partial charge on any atom is -0.460 e. The Morgan fingerprint density at radius 1 is 1.31 bits per heavy atom. The topological polar surface area (TPSA) is 151 Å². The monoisotopic (exact) mass is 539 g/mol. The molecule has 5 atom stereocenters. The standard InChI is InChI=1S/C29H41N5O5/c1-18-7-5-11-31-26(36)10-9-20(3)27(21(4)16-30)39-29(38)24-8-6-12-34(24)28(37)23-17-32-25(33-23)15-19(2)14-22(35)13-18/h5,7,9-10,13,17,20-22,24,27,35H,2,6,8,11-12,14-16,30H2,1,3-4H3,(H,31,36)(H,32,33)/b7-5+,10-9+,18-13+/t20-,21-,22-,24-,27+/m1/s1. The van der Waals surface area contributed by atoms with Crippen LogP contribution in [0.1, 0.15) is 56.3 Å². The third-order valence-electron chi connectivity index (χ3n) is 7.04. The summed E-state index contributed by atoms with van der Waals surface area (Å²) in [6.45, 7) is 10.7. The van der Waals surface area contributed by atoms with Gasteiger partial charge in [-0.15, -0.1) is 0 Å². The van der Waals surface area contributed by atoms with E-state index in [9.17, 15) is 19.5 Å². The fraction of sp³-hybridized carbons (Fsp3) is 0.517. The number of hydrogen-bond donors (Lipinski definition) is 4. The van der Waals surface area contributed by atoms with Gasteiger partial charge in [0.25, 0.3) is 5.91 Å². The normalized spacial score (nSPS) is 30.0. The number of aliphatic hydroxyl groups excluding tert-OH is 1. The van der Waals surface area contributed by atoms with Crippen molar-refractivity contribution in [2.45, 2.75) is 64.7 Å². The van der Waals surface area contributed by atoms with Gasteiger partial charge in [-0.1, -0.05) is 55.9 Å². The lowest BCUT2D eigenvalue weighted by Crippen LogP contribution is -2.45. The van der Waals surface area contributed by atoms with E-state index in [2.05, 4.69) is 21.9 Å². The number of aliphatic hydroxyl groups is 1. The number of cyclic esters (lactones) is 1. The summed E-state index contributed by atoms with van der Waals surface area (Å²) in [6, 6.07) is -0.718. The molecule has 0 aromatic carbocycles. The number of aromatic amines is 1. The molecular formula is C29H41N5O5. The predicted octanol–water partition coefficient (Wildman–Crippen LogP) is 2.20. The highest BCUT2D eigenvalue weighted by molar-refractivity contribution is 5.95. The van der Waals surface area contributed by atoms with Gasteiger partial charge in [0.05, 0.1) is 12.3 Å². The van der Waals surface area contributed by atoms with Gasteiger partial charge in [0.2, 0.25) is 5.91 Å². The van der Waals surface area contributed by atoms with Gasteiger partial charge in [0.15, 0.2) is 0 Å².